The number of carbonyl (C=O) groups excluding carboxylic acids is 1. The molecule has 5 nitrogen and oxygen atoms in total. The number of hydrogen-bond donors (Lipinski definition) is 2. The maximum atomic E-state index is 11.8. The molecule has 0 spiro atoms. The van der Waals surface area contributed by atoms with Crippen molar-refractivity contribution in [1.29, 1.82) is 0 Å². The molecule has 1 amide bonds. The molecule has 106 valence electrons. The first-order chi connectivity index (χ1) is 9.56. The summed E-state index contributed by atoms with van der Waals surface area (Å²) in [7, 11) is 0. The minimum Gasteiger partial charge on any atom is -0.399 e. The van der Waals surface area contributed by atoms with Gasteiger partial charge in [-0.2, -0.15) is 4.37 Å². The van der Waals surface area contributed by atoms with Crippen LogP contribution in [-0.4, -0.2) is 21.0 Å². The molecule has 0 aliphatic rings. The second kappa shape index (κ2) is 7.12. The molecule has 0 unspecified atom stereocenters. The van der Waals surface area contributed by atoms with Crippen molar-refractivity contribution in [2.75, 3.05) is 16.8 Å². The minimum atomic E-state index is -0.171. The summed E-state index contributed by atoms with van der Waals surface area (Å²) in [5.41, 5.74) is 6.43. The monoisotopic (exact) mass is 348 g/mol. The maximum absolute atomic E-state index is 11.8. The van der Waals surface area contributed by atoms with Crippen molar-refractivity contribution in [3.8, 4) is 0 Å². The number of thioether (sulfide) groups is 1. The second-order valence-electron chi connectivity index (χ2n) is 3.71. The quantitative estimate of drug-likeness (QED) is 0.637. The lowest BCUT2D eigenvalue weighted by Crippen LogP contribution is -2.13. The number of nitrogens with one attached hydrogen (secondary N) is 1. The van der Waals surface area contributed by atoms with Crippen LogP contribution in [0.2, 0.25) is 10.0 Å². The molecule has 2 aromatic rings. The van der Waals surface area contributed by atoms with E-state index in [2.05, 4.69) is 14.7 Å². The summed E-state index contributed by atoms with van der Waals surface area (Å²) in [5, 5.41) is 3.32. The minimum absolute atomic E-state index is 0.171. The Labute approximate surface area is 134 Å². The summed E-state index contributed by atoms with van der Waals surface area (Å²) < 4.78 is 4.72. The Bertz CT molecular complexity index is 583. The third-order valence-electron chi connectivity index (χ3n) is 2.22. The van der Waals surface area contributed by atoms with E-state index >= 15 is 0 Å². The van der Waals surface area contributed by atoms with E-state index in [1.807, 2.05) is 0 Å². The van der Waals surface area contributed by atoms with Gasteiger partial charge in [0, 0.05) is 17.9 Å². The summed E-state index contributed by atoms with van der Waals surface area (Å²) in [6, 6.07) is 3.08. The number of aromatic nitrogens is 2. The van der Waals surface area contributed by atoms with Gasteiger partial charge in [-0.25, -0.2) is 4.98 Å². The second-order valence-corrected chi connectivity index (χ2v) is 6.65. The number of nitrogens with two attached hydrogens (primary N) is 1. The van der Waals surface area contributed by atoms with Gasteiger partial charge in [0.1, 0.15) is 6.33 Å². The summed E-state index contributed by atoms with van der Waals surface area (Å²) in [6.07, 6.45) is 1.81. The Morgan fingerprint density at radius 2 is 2.10 bits per heavy atom. The van der Waals surface area contributed by atoms with E-state index in [4.69, 9.17) is 28.9 Å². The molecule has 0 atom stereocenters. The summed E-state index contributed by atoms with van der Waals surface area (Å²) >= 11 is 14.8. The molecule has 1 aromatic carbocycles. The highest BCUT2D eigenvalue weighted by atomic mass is 35.5. The molecule has 0 bridgehead atoms. The number of nitrogens with zero attached hydrogens (tertiary/aromatic N) is 2. The Hall–Kier alpha value is -1.02. The van der Waals surface area contributed by atoms with Crippen molar-refractivity contribution in [1.82, 2.24) is 9.36 Å². The molecule has 2 rings (SSSR count). The number of amides is 1. The lowest BCUT2D eigenvalue weighted by molar-refractivity contribution is -0.115. The first kappa shape index (κ1) is 15.4. The van der Waals surface area contributed by atoms with E-state index in [1.165, 1.54) is 29.6 Å². The van der Waals surface area contributed by atoms with Crippen molar-refractivity contribution in [3.05, 3.63) is 28.5 Å². The van der Waals surface area contributed by atoms with Gasteiger partial charge < -0.3 is 11.1 Å². The third kappa shape index (κ3) is 4.24. The molecule has 0 saturated carbocycles. The number of carbonyl (C=O) groups is 1. The Kier molecular flexibility index (Phi) is 5.47. The summed E-state index contributed by atoms with van der Waals surface area (Å²) in [4.78, 5) is 15.8. The zero-order valence-corrected chi connectivity index (χ0v) is 13.2. The van der Waals surface area contributed by atoms with Crippen LogP contribution in [0.4, 0.5) is 11.4 Å². The molecule has 9 heteroatoms. The number of benzene rings is 1. The van der Waals surface area contributed by atoms with Gasteiger partial charge in [0.05, 0.1) is 15.7 Å². The highest BCUT2D eigenvalue weighted by Crippen LogP contribution is 2.33. The standard InChI is InChI=1S/C11H10Cl2N4OS2/c12-7-3-6(14)4-8(13)10(7)17-9(18)1-2-19-11-15-5-16-20-11/h3-5H,1-2,14H2,(H,17,18). The average Bonchev–Trinajstić information content (AvgIpc) is 2.87. The first-order valence-electron chi connectivity index (χ1n) is 5.50. The van der Waals surface area contributed by atoms with Gasteiger partial charge in [-0.15, -0.1) is 0 Å². The zero-order chi connectivity index (χ0) is 14.5. The Morgan fingerprint density at radius 1 is 1.40 bits per heavy atom. The molecule has 0 radical (unpaired) electrons. The molecule has 0 saturated heterocycles. The number of halogens is 2. The van der Waals surface area contributed by atoms with Crippen LogP contribution < -0.4 is 11.1 Å². The number of nitrogen functional groups attached to an aromatic ring is 1. The summed E-state index contributed by atoms with van der Waals surface area (Å²) in [6.45, 7) is 0. The van der Waals surface area contributed by atoms with Crippen molar-refractivity contribution in [2.45, 2.75) is 10.8 Å². The first-order valence-corrected chi connectivity index (χ1v) is 8.01. The van der Waals surface area contributed by atoms with Crippen LogP contribution in [0.5, 0.6) is 0 Å². The fraction of sp³-hybridized carbons (Fsp3) is 0.182. The number of anilines is 2. The normalized spacial score (nSPS) is 10.5. The number of rotatable bonds is 5. The van der Waals surface area contributed by atoms with Gasteiger partial charge in [-0.05, 0) is 23.7 Å². The fourth-order valence-corrected chi connectivity index (χ4v) is 3.42. The fourth-order valence-electron chi connectivity index (χ4n) is 1.37. The lowest BCUT2D eigenvalue weighted by atomic mass is 10.2. The maximum Gasteiger partial charge on any atom is 0.225 e. The van der Waals surface area contributed by atoms with E-state index in [0.717, 1.165) is 4.34 Å². The van der Waals surface area contributed by atoms with Crippen LogP contribution >= 0.6 is 46.5 Å². The van der Waals surface area contributed by atoms with E-state index < -0.39 is 0 Å². The predicted octanol–water partition coefficient (Wildman–Crippen LogP) is 3.55. The molecule has 1 heterocycles. The molecule has 0 aliphatic heterocycles. The molecular weight excluding hydrogens is 339 g/mol. The van der Waals surface area contributed by atoms with Gasteiger partial charge in [-0.3, -0.25) is 4.79 Å². The third-order valence-corrected chi connectivity index (χ3v) is 4.62. The Balaban J connectivity index is 1.88. The van der Waals surface area contributed by atoms with Gasteiger partial charge in [0.2, 0.25) is 5.91 Å². The van der Waals surface area contributed by atoms with Crippen molar-refractivity contribution in [3.63, 3.8) is 0 Å². The van der Waals surface area contributed by atoms with E-state index in [1.54, 1.807) is 12.1 Å². The van der Waals surface area contributed by atoms with Crippen LogP contribution in [0.3, 0.4) is 0 Å². The largest absolute Gasteiger partial charge is 0.399 e. The van der Waals surface area contributed by atoms with Crippen LogP contribution in [-0.2, 0) is 4.79 Å². The SMILES string of the molecule is Nc1cc(Cl)c(NC(=O)CCSc2ncns2)c(Cl)c1. The topological polar surface area (TPSA) is 80.9 Å². The molecular formula is C11H10Cl2N4OS2. The predicted molar refractivity (Wildman–Crippen MR) is 84.8 cm³/mol. The number of hydrogen-bond acceptors (Lipinski definition) is 6. The molecule has 20 heavy (non-hydrogen) atoms. The van der Waals surface area contributed by atoms with Gasteiger partial charge in [0.15, 0.2) is 4.34 Å². The molecule has 0 aliphatic carbocycles. The van der Waals surface area contributed by atoms with Crippen LogP contribution in [0.1, 0.15) is 6.42 Å². The highest BCUT2D eigenvalue weighted by molar-refractivity contribution is 8.00. The van der Waals surface area contributed by atoms with E-state index in [0.29, 0.717) is 33.6 Å². The van der Waals surface area contributed by atoms with Gasteiger partial charge in [0.25, 0.3) is 0 Å². The van der Waals surface area contributed by atoms with Crippen molar-refractivity contribution in [2.24, 2.45) is 0 Å². The zero-order valence-electron chi connectivity index (χ0n) is 10.1. The average molecular weight is 349 g/mol. The molecule has 0 fully saturated rings. The Morgan fingerprint density at radius 3 is 2.70 bits per heavy atom. The van der Waals surface area contributed by atoms with Crippen LogP contribution in [0, 0.1) is 0 Å². The molecule has 3 N–H and O–H groups in total. The molecule has 1 aromatic heterocycles. The summed E-state index contributed by atoms with van der Waals surface area (Å²) in [5.74, 6) is 0.432. The van der Waals surface area contributed by atoms with Gasteiger partial charge in [-0.1, -0.05) is 35.0 Å². The highest BCUT2D eigenvalue weighted by Gasteiger charge is 2.11. The van der Waals surface area contributed by atoms with E-state index in [9.17, 15) is 4.79 Å². The van der Waals surface area contributed by atoms with Crippen molar-refractivity contribution >= 4 is 63.8 Å². The lowest BCUT2D eigenvalue weighted by Gasteiger charge is -2.09. The van der Waals surface area contributed by atoms with Crippen molar-refractivity contribution < 1.29 is 4.79 Å². The van der Waals surface area contributed by atoms with Crippen LogP contribution in [0.25, 0.3) is 0 Å². The van der Waals surface area contributed by atoms with Gasteiger partial charge >= 0.3 is 0 Å². The van der Waals surface area contributed by atoms with E-state index in [-0.39, 0.29) is 5.91 Å². The van der Waals surface area contributed by atoms with Crippen LogP contribution in [0.15, 0.2) is 22.8 Å². The smallest absolute Gasteiger partial charge is 0.225 e.